The van der Waals surface area contributed by atoms with Crippen molar-refractivity contribution in [1.29, 1.82) is 0 Å². The number of aryl methyl sites for hydroxylation is 1. The van der Waals surface area contributed by atoms with Gasteiger partial charge in [-0.15, -0.1) is 0 Å². The average molecular weight is 345 g/mol. The second-order valence-electron chi connectivity index (χ2n) is 7.66. The first kappa shape index (κ1) is 17.1. The van der Waals surface area contributed by atoms with Crippen LogP contribution in [0.25, 0.3) is 0 Å². The van der Waals surface area contributed by atoms with Crippen LogP contribution in [0.15, 0.2) is 72.9 Å². The van der Waals surface area contributed by atoms with Crippen LogP contribution in [-0.4, -0.2) is 16.0 Å². The molecule has 3 aromatic rings. The van der Waals surface area contributed by atoms with Crippen molar-refractivity contribution in [2.75, 3.05) is 6.54 Å². The Morgan fingerprint density at radius 3 is 2.38 bits per heavy atom. The maximum atomic E-state index is 2.64. The first-order chi connectivity index (χ1) is 12.7. The fourth-order valence-corrected chi connectivity index (χ4v) is 4.07. The average Bonchev–Trinajstić information content (AvgIpc) is 3.04. The molecule has 26 heavy (non-hydrogen) atoms. The van der Waals surface area contributed by atoms with E-state index in [0.29, 0.717) is 12.0 Å². The van der Waals surface area contributed by atoms with Crippen molar-refractivity contribution in [2.24, 2.45) is 0 Å². The zero-order valence-electron chi connectivity index (χ0n) is 15.8. The van der Waals surface area contributed by atoms with Gasteiger partial charge in [0.05, 0.1) is 6.04 Å². The summed E-state index contributed by atoms with van der Waals surface area (Å²) in [6.07, 6.45) is 3.42. The molecule has 0 fully saturated rings. The van der Waals surface area contributed by atoms with E-state index in [0.717, 1.165) is 19.6 Å². The van der Waals surface area contributed by atoms with Crippen LogP contribution < -0.4 is 0 Å². The molecule has 0 bridgehead atoms. The first-order valence-corrected chi connectivity index (χ1v) is 9.75. The second kappa shape index (κ2) is 7.51. The van der Waals surface area contributed by atoms with Crippen LogP contribution in [0.3, 0.4) is 0 Å². The highest BCUT2D eigenvalue weighted by Gasteiger charge is 2.27. The Balaban J connectivity index is 1.66. The standard InChI is InChI=1S/C24H28N2/c1-19(2)21-13-11-20(12-14-21)18-26-17-7-16-25-15-6-10-23(25)24(26)22-8-4-3-5-9-22/h3-6,8-15,19,24H,7,16-18H2,1-2H3/t24-/m0/s1. The SMILES string of the molecule is CC(C)c1ccc(CN2CCCn3cccc3[C@@H]2c2ccccc2)cc1. The minimum absolute atomic E-state index is 0.318. The van der Waals surface area contributed by atoms with Gasteiger partial charge in [-0.1, -0.05) is 68.4 Å². The molecule has 0 saturated carbocycles. The molecule has 0 spiro atoms. The lowest BCUT2D eigenvalue weighted by atomic mass is 9.99. The Bertz CT molecular complexity index is 830. The fourth-order valence-electron chi connectivity index (χ4n) is 4.07. The topological polar surface area (TPSA) is 8.17 Å². The molecule has 2 nitrogen and oxygen atoms in total. The van der Waals surface area contributed by atoms with Crippen LogP contribution in [0.1, 0.15) is 54.6 Å². The van der Waals surface area contributed by atoms with Crippen molar-refractivity contribution in [3.63, 3.8) is 0 Å². The molecule has 0 unspecified atom stereocenters. The molecule has 0 N–H and O–H groups in total. The molecule has 1 aromatic heterocycles. The Hall–Kier alpha value is -2.32. The lowest BCUT2D eigenvalue weighted by Crippen LogP contribution is -2.29. The number of hydrogen-bond acceptors (Lipinski definition) is 1. The normalized spacial score (nSPS) is 17.9. The highest BCUT2D eigenvalue weighted by atomic mass is 15.2. The zero-order valence-corrected chi connectivity index (χ0v) is 15.8. The molecule has 4 rings (SSSR count). The monoisotopic (exact) mass is 344 g/mol. The van der Waals surface area contributed by atoms with Crippen LogP contribution in [0.2, 0.25) is 0 Å². The largest absolute Gasteiger partial charge is 0.350 e. The Kier molecular flexibility index (Phi) is 4.94. The Morgan fingerprint density at radius 1 is 0.885 bits per heavy atom. The molecular formula is C24H28N2. The van der Waals surface area contributed by atoms with E-state index in [1.807, 2.05) is 0 Å². The molecule has 1 aliphatic rings. The molecule has 0 radical (unpaired) electrons. The molecular weight excluding hydrogens is 316 g/mol. The quantitative estimate of drug-likeness (QED) is 0.597. The van der Waals surface area contributed by atoms with Gasteiger partial charge in [0.1, 0.15) is 0 Å². The lowest BCUT2D eigenvalue weighted by molar-refractivity contribution is 0.220. The van der Waals surface area contributed by atoms with E-state index >= 15 is 0 Å². The number of aromatic nitrogens is 1. The lowest BCUT2D eigenvalue weighted by Gasteiger charge is -2.30. The molecule has 2 heteroatoms. The summed E-state index contributed by atoms with van der Waals surface area (Å²) in [5.41, 5.74) is 5.61. The van der Waals surface area contributed by atoms with E-state index in [1.165, 1.54) is 28.8 Å². The molecule has 1 atom stereocenters. The summed E-state index contributed by atoms with van der Waals surface area (Å²) >= 11 is 0. The predicted octanol–water partition coefficient (Wildman–Crippen LogP) is 5.61. The van der Waals surface area contributed by atoms with E-state index < -0.39 is 0 Å². The summed E-state index contributed by atoms with van der Waals surface area (Å²) in [7, 11) is 0. The van der Waals surface area contributed by atoms with Gasteiger partial charge in [0.25, 0.3) is 0 Å². The van der Waals surface area contributed by atoms with Gasteiger partial charge in [-0.3, -0.25) is 4.90 Å². The molecule has 1 aliphatic heterocycles. The number of nitrogens with zero attached hydrogens (tertiary/aromatic N) is 2. The third kappa shape index (κ3) is 3.47. The summed E-state index contributed by atoms with van der Waals surface area (Å²) in [5.74, 6) is 0.586. The van der Waals surface area contributed by atoms with Crippen molar-refractivity contribution < 1.29 is 0 Å². The molecule has 0 aliphatic carbocycles. The minimum atomic E-state index is 0.318. The summed E-state index contributed by atoms with van der Waals surface area (Å²) in [6.45, 7) is 7.72. The molecule has 0 amide bonds. The van der Waals surface area contributed by atoms with Crippen LogP contribution in [0.4, 0.5) is 0 Å². The molecule has 2 aromatic carbocycles. The van der Waals surface area contributed by atoms with Crippen LogP contribution in [-0.2, 0) is 13.1 Å². The van der Waals surface area contributed by atoms with Gasteiger partial charge < -0.3 is 4.57 Å². The number of rotatable bonds is 4. The van der Waals surface area contributed by atoms with Crippen LogP contribution in [0.5, 0.6) is 0 Å². The molecule has 2 heterocycles. The van der Waals surface area contributed by atoms with Gasteiger partial charge in [-0.2, -0.15) is 0 Å². The maximum Gasteiger partial charge on any atom is 0.0759 e. The summed E-state index contributed by atoms with van der Waals surface area (Å²) in [4.78, 5) is 2.64. The van der Waals surface area contributed by atoms with E-state index in [1.54, 1.807) is 0 Å². The van der Waals surface area contributed by atoms with Crippen LogP contribution in [0, 0.1) is 0 Å². The van der Waals surface area contributed by atoms with E-state index in [-0.39, 0.29) is 0 Å². The van der Waals surface area contributed by atoms with Crippen molar-refractivity contribution in [1.82, 2.24) is 9.47 Å². The van der Waals surface area contributed by atoms with Gasteiger partial charge in [0.15, 0.2) is 0 Å². The summed E-state index contributed by atoms with van der Waals surface area (Å²) in [6, 6.07) is 24.9. The number of hydrogen-bond donors (Lipinski definition) is 0. The molecule has 0 saturated heterocycles. The number of fused-ring (bicyclic) bond motifs is 1. The van der Waals surface area contributed by atoms with Crippen molar-refractivity contribution in [3.8, 4) is 0 Å². The Labute approximate surface area is 157 Å². The maximum absolute atomic E-state index is 2.64. The van der Waals surface area contributed by atoms with Gasteiger partial charge in [0, 0.05) is 31.5 Å². The van der Waals surface area contributed by atoms with Gasteiger partial charge in [-0.25, -0.2) is 0 Å². The number of benzene rings is 2. The van der Waals surface area contributed by atoms with Gasteiger partial charge in [0.2, 0.25) is 0 Å². The smallest absolute Gasteiger partial charge is 0.0759 e. The predicted molar refractivity (Wildman–Crippen MR) is 108 cm³/mol. The highest BCUT2D eigenvalue weighted by Crippen LogP contribution is 2.33. The highest BCUT2D eigenvalue weighted by molar-refractivity contribution is 5.31. The fraction of sp³-hybridized carbons (Fsp3) is 0.333. The summed E-state index contributed by atoms with van der Waals surface area (Å²) < 4.78 is 2.43. The van der Waals surface area contributed by atoms with Crippen molar-refractivity contribution >= 4 is 0 Å². The Morgan fingerprint density at radius 2 is 1.65 bits per heavy atom. The second-order valence-corrected chi connectivity index (χ2v) is 7.66. The van der Waals surface area contributed by atoms with Gasteiger partial charge >= 0.3 is 0 Å². The van der Waals surface area contributed by atoms with Crippen molar-refractivity contribution in [3.05, 3.63) is 95.3 Å². The zero-order chi connectivity index (χ0) is 17.9. The van der Waals surface area contributed by atoms with Gasteiger partial charge in [-0.05, 0) is 41.2 Å². The summed E-state index contributed by atoms with van der Waals surface area (Å²) in [5, 5.41) is 0. The third-order valence-corrected chi connectivity index (χ3v) is 5.50. The molecule has 134 valence electrons. The van der Waals surface area contributed by atoms with E-state index in [4.69, 9.17) is 0 Å². The minimum Gasteiger partial charge on any atom is -0.350 e. The van der Waals surface area contributed by atoms with E-state index in [2.05, 4.69) is 96.2 Å². The van der Waals surface area contributed by atoms with Crippen molar-refractivity contribution in [2.45, 2.75) is 45.3 Å². The van der Waals surface area contributed by atoms with E-state index in [9.17, 15) is 0 Å². The third-order valence-electron chi connectivity index (χ3n) is 5.50. The first-order valence-electron chi connectivity index (χ1n) is 9.75. The van der Waals surface area contributed by atoms with Crippen LogP contribution >= 0.6 is 0 Å².